The predicted molar refractivity (Wildman–Crippen MR) is 177 cm³/mol. The fraction of sp³-hybridized carbons (Fsp3) is 0.857. The van der Waals surface area contributed by atoms with Crippen molar-refractivity contribution >= 4 is 15.9 Å². The Morgan fingerprint density at radius 2 is 1.40 bits per heavy atom. The van der Waals surface area contributed by atoms with Crippen LogP contribution < -0.4 is 0 Å². The average molecular weight is 610 g/mol. The van der Waals surface area contributed by atoms with Crippen LogP contribution in [0.25, 0.3) is 0 Å². The molecular formula is C35H65N2O4S+. The highest BCUT2D eigenvalue weighted by atomic mass is 32.2. The standard InChI is InChI=1S/C19H29NO4S.C16H36N/c1-18(2)13-14(21)12-17-19(18,3)15-8-4-5-9-16(15)20(17)10-6-7-11-25(22,23)24;1-5-9-13-17(14-10-6-2,15-11-7-3)16-12-8-4/h5,9,17H,4,6-8,10-13H2,1-3H3,(H,22,23,24);5-16H2,1-4H3/q;+1. The summed E-state index contributed by atoms with van der Waals surface area (Å²) in [5.74, 6) is 0.119. The molecule has 244 valence electrons. The van der Waals surface area contributed by atoms with Crippen molar-refractivity contribution in [3.05, 3.63) is 23.4 Å². The van der Waals surface area contributed by atoms with Crippen LogP contribution >= 0.6 is 0 Å². The maximum absolute atomic E-state index is 12.4. The smallest absolute Gasteiger partial charge is 0.264 e. The summed E-state index contributed by atoms with van der Waals surface area (Å²) in [4.78, 5) is 14.7. The average Bonchev–Trinajstić information content (AvgIpc) is 3.18. The Morgan fingerprint density at radius 3 is 1.88 bits per heavy atom. The predicted octanol–water partition coefficient (Wildman–Crippen LogP) is 8.34. The van der Waals surface area contributed by atoms with Gasteiger partial charge in [0.2, 0.25) is 0 Å². The first-order valence-corrected chi connectivity index (χ1v) is 18.9. The van der Waals surface area contributed by atoms with Gasteiger partial charge in [0.15, 0.2) is 0 Å². The summed E-state index contributed by atoms with van der Waals surface area (Å²) in [7, 11) is -3.90. The van der Waals surface area contributed by atoms with Crippen LogP contribution in [0, 0.1) is 10.8 Å². The number of fused-ring (bicyclic) bond motifs is 2. The first-order chi connectivity index (χ1) is 19.8. The summed E-state index contributed by atoms with van der Waals surface area (Å²) < 4.78 is 32.2. The third-order valence-electron chi connectivity index (χ3n) is 10.6. The first kappa shape index (κ1) is 37.0. The van der Waals surface area contributed by atoms with Crippen LogP contribution in [-0.4, -0.2) is 72.7 Å². The van der Waals surface area contributed by atoms with E-state index in [1.165, 1.54) is 93.3 Å². The minimum Gasteiger partial charge on any atom is -0.367 e. The van der Waals surface area contributed by atoms with Gasteiger partial charge in [0, 0.05) is 36.5 Å². The third-order valence-corrected chi connectivity index (χ3v) is 11.4. The maximum atomic E-state index is 12.4. The number of rotatable bonds is 17. The molecule has 2 aliphatic carbocycles. The molecule has 0 radical (unpaired) electrons. The van der Waals surface area contributed by atoms with E-state index < -0.39 is 10.1 Å². The molecule has 7 heteroatoms. The number of Topliss-reactive ketones (excluding diaryl/α,β-unsaturated/α-hetero) is 1. The number of carbonyl (C=O) groups is 1. The number of nitrogens with zero attached hydrogens (tertiary/aromatic N) is 2. The molecule has 6 nitrogen and oxygen atoms in total. The first-order valence-electron chi connectivity index (χ1n) is 17.3. The van der Waals surface area contributed by atoms with E-state index >= 15 is 0 Å². The van der Waals surface area contributed by atoms with Gasteiger partial charge in [0.05, 0.1) is 31.9 Å². The van der Waals surface area contributed by atoms with Crippen molar-refractivity contribution in [1.82, 2.24) is 4.90 Å². The van der Waals surface area contributed by atoms with Crippen molar-refractivity contribution in [2.75, 3.05) is 38.5 Å². The van der Waals surface area contributed by atoms with Gasteiger partial charge < -0.3 is 9.38 Å². The normalized spacial score (nSPS) is 23.5. The molecule has 42 heavy (non-hydrogen) atoms. The van der Waals surface area contributed by atoms with E-state index in [1.807, 2.05) is 0 Å². The molecular weight excluding hydrogens is 544 g/mol. The van der Waals surface area contributed by atoms with Gasteiger partial charge in [-0.2, -0.15) is 8.42 Å². The number of ketones is 1. The number of unbranched alkanes of at least 4 members (excludes halogenated alkanes) is 5. The molecule has 0 saturated heterocycles. The lowest BCUT2D eigenvalue weighted by Gasteiger charge is -2.52. The van der Waals surface area contributed by atoms with Crippen LogP contribution in [0.3, 0.4) is 0 Å². The van der Waals surface area contributed by atoms with Crippen LogP contribution in [0.2, 0.25) is 0 Å². The topological polar surface area (TPSA) is 74.7 Å². The van der Waals surface area contributed by atoms with Gasteiger partial charge in [-0.15, -0.1) is 0 Å². The van der Waals surface area contributed by atoms with Crippen molar-refractivity contribution in [3.63, 3.8) is 0 Å². The van der Waals surface area contributed by atoms with Crippen LogP contribution in [0.4, 0.5) is 0 Å². The van der Waals surface area contributed by atoms with Gasteiger partial charge in [-0.25, -0.2) is 0 Å². The SMILES string of the molecule is CC1(C)CC(=O)CC2N(CCCCS(=O)(=O)O)C3=C(CCC=C3)C21C.CCCC[N+](CCCC)(CCCC)CCCC. The molecule has 2 atom stereocenters. The zero-order valence-electron chi connectivity index (χ0n) is 28.3. The second kappa shape index (κ2) is 16.8. The fourth-order valence-corrected chi connectivity index (χ4v) is 8.32. The Kier molecular flexibility index (Phi) is 14.8. The monoisotopic (exact) mass is 609 g/mol. The third kappa shape index (κ3) is 9.66. The van der Waals surface area contributed by atoms with Gasteiger partial charge in [0.25, 0.3) is 10.1 Å². The van der Waals surface area contributed by atoms with Gasteiger partial charge in [0.1, 0.15) is 5.78 Å². The van der Waals surface area contributed by atoms with E-state index in [9.17, 15) is 13.2 Å². The van der Waals surface area contributed by atoms with Crippen LogP contribution in [-0.2, 0) is 14.9 Å². The van der Waals surface area contributed by atoms with Gasteiger partial charge in [-0.1, -0.05) is 80.2 Å². The van der Waals surface area contributed by atoms with Crippen LogP contribution in [0.15, 0.2) is 23.4 Å². The lowest BCUT2D eigenvalue weighted by molar-refractivity contribution is -0.929. The van der Waals surface area contributed by atoms with Crippen LogP contribution in [0.1, 0.15) is 138 Å². The Hall–Kier alpha value is -1.18. The quantitative estimate of drug-likeness (QED) is 0.102. The summed E-state index contributed by atoms with van der Waals surface area (Å²) in [6, 6.07) is 0.155. The van der Waals surface area contributed by atoms with Crippen molar-refractivity contribution in [3.8, 4) is 0 Å². The molecule has 3 rings (SSSR count). The molecule has 2 unspecified atom stereocenters. The minimum atomic E-state index is -3.90. The number of allylic oxidation sites excluding steroid dienone is 2. The van der Waals surface area contributed by atoms with Crippen molar-refractivity contribution in [2.24, 2.45) is 10.8 Å². The number of carbonyl (C=O) groups excluding carboxylic acids is 1. The molecule has 0 aromatic rings. The molecule has 0 aromatic heterocycles. The van der Waals surface area contributed by atoms with Gasteiger partial charge in [-0.3, -0.25) is 9.35 Å². The number of quaternary nitrogens is 1. The largest absolute Gasteiger partial charge is 0.367 e. The van der Waals surface area contributed by atoms with E-state index in [0.717, 1.165) is 19.4 Å². The summed E-state index contributed by atoms with van der Waals surface area (Å²) in [5.41, 5.74) is 2.60. The van der Waals surface area contributed by atoms with Crippen molar-refractivity contribution < 1.29 is 22.2 Å². The molecule has 0 aromatic carbocycles. The molecule has 1 aliphatic heterocycles. The van der Waals surface area contributed by atoms with E-state index in [0.29, 0.717) is 31.5 Å². The number of hydrogen-bond acceptors (Lipinski definition) is 4. The second-order valence-corrected chi connectivity index (χ2v) is 15.7. The fourth-order valence-electron chi connectivity index (χ4n) is 7.75. The maximum Gasteiger partial charge on any atom is 0.264 e. The van der Waals surface area contributed by atoms with E-state index in [1.54, 1.807) is 0 Å². The summed E-state index contributed by atoms with van der Waals surface area (Å²) in [6.45, 7) is 22.5. The minimum absolute atomic E-state index is 0.0238. The lowest BCUT2D eigenvalue weighted by Crippen LogP contribution is -2.54. The van der Waals surface area contributed by atoms with Crippen LogP contribution in [0.5, 0.6) is 0 Å². The lowest BCUT2D eigenvalue weighted by atomic mass is 9.53. The highest BCUT2D eigenvalue weighted by Gasteiger charge is 2.59. The van der Waals surface area contributed by atoms with Gasteiger partial charge >= 0.3 is 0 Å². The van der Waals surface area contributed by atoms with Gasteiger partial charge in [-0.05, 0) is 68.4 Å². The second-order valence-electron chi connectivity index (χ2n) is 14.2. The number of hydrogen-bond donors (Lipinski definition) is 1. The van der Waals surface area contributed by atoms with E-state index in [-0.39, 0.29) is 22.6 Å². The molecule has 1 N–H and O–H groups in total. The molecule has 1 saturated carbocycles. The molecule has 0 spiro atoms. The van der Waals surface area contributed by atoms with E-state index in [2.05, 4.69) is 65.5 Å². The zero-order valence-corrected chi connectivity index (χ0v) is 29.2. The summed E-state index contributed by atoms with van der Waals surface area (Å²) in [5, 5.41) is 0. The van der Waals surface area contributed by atoms with Crippen molar-refractivity contribution in [1.29, 1.82) is 0 Å². The molecule has 3 aliphatic rings. The summed E-state index contributed by atoms with van der Waals surface area (Å²) in [6.07, 6.45) is 19.8. The Labute approximate surface area is 259 Å². The molecule has 0 amide bonds. The Bertz CT molecular complexity index is 978. The highest BCUT2D eigenvalue weighted by Crippen LogP contribution is 2.61. The highest BCUT2D eigenvalue weighted by molar-refractivity contribution is 7.85. The van der Waals surface area contributed by atoms with Crippen molar-refractivity contribution in [2.45, 2.75) is 144 Å². The zero-order chi connectivity index (χ0) is 31.4. The Morgan fingerprint density at radius 1 is 0.881 bits per heavy atom. The van der Waals surface area contributed by atoms with E-state index in [4.69, 9.17) is 4.55 Å². The molecule has 1 fully saturated rings. The summed E-state index contributed by atoms with van der Waals surface area (Å²) >= 11 is 0. The Balaban J connectivity index is 0.000000319. The molecule has 1 heterocycles. The molecule has 0 bridgehead atoms.